The lowest BCUT2D eigenvalue weighted by molar-refractivity contribution is 0.243. The zero-order valence-electron chi connectivity index (χ0n) is 18.4. The Bertz CT molecular complexity index is 1270. The van der Waals surface area contributed by atoms with E-state index < -0.39 is 0 Å². The molecule has 5 heterocycles. The molecule has 1 aliphatic rings. The van der Waals surface area contributed by atoms with Crippen LogP contribution in [0.3, 0.4) is 0 Å². The molecule has 9 nitrogen and oxygen atoms in total. The molecular weight excluding hydrogens is 416 g/mol. The summed E-state index contributed by atoms with van der Waals surface area (Å²) < 4.78 is 7.40. The molecule has 0 unspecified atom stereocenters. The van der Waals surface area contributed by atoms with Gasteiger partial charge in [0.1, 0.15) is 23.5 Å². The van der Waals surface area contributed by atoms with Crippen LogP contribution in [-0.2, 0) is 6.54 Å². The van der Waals surface area contributed by atoms with Gasteiger partial charge >= 0.3 is 0 Å². The van der Waals surface area contributed by atoms with Crippen molar-refractivity contribution in [1.29, 1.82) is 5.26 Å². The third-order valence-electron chi connectivity index (χ3n) is 5.76. The summed E-state index contributed by atoms with van der Waals surface area (Å²) in [6, 6.07) is 10.1. The number of nitriles is 1. The van der Waals surface area contributed by atoms with Crippen molar-refractivity contribution >= 4 is 11.3 Å². The number of aromatic nitrogens is 5. The van der Waals surface area contributed by atoms with Crippen molar-refractivity contribution in [3.05, 3.63) is 66.6 Å². The molecule has 0 radical (unpaired) electrons. The van der Waals surface area contributed by atoms with Crippen molar-refractivity contribution in [2.75, 3.05) is 37.7 Å². The number of ether oxygens (including phenoxy) is 1. The maximum Gasteiger partial charge on any atom is 0.142 e. The molecule has 1 fully saturated rings. The molecule has 0 saturated carbocycles. The van der Waals surface area contributed by atoms with Crippen molar-refractivity contribution in [3.63, 3.8) is 0 Å². The van der Waals surface area contributed by atoms with E-state index in [1.807, 2.05) is 37.4 Å². The molecule has 4 aromatic heterocycles. The van der Waals surface area contributed by atoms with Gasteiger partial charge in [0.05, 0.1) is 36.6 Å². The minimum absolute atomic E-state index is 0.524. The third-order valence-corrected chi connectivity index (χ3v) is 5.76. The van der Waals surface area contributed by atoms with Crippen LogP contribution in [0.15, 0.2) is 55.2 Å². The summed E-state index contributed by atoms with van der Waals surface area (Å²) in [5.41, 5.74) is 3.08. The monoisotopic (exact) mass is 440 g/mol. The van der Waals surface area contributed by atoms with E-state index >= 15 is 0 Å². The van der Waals surface area contributed by atoms with E-state index in [9.17, 15) is 5.26 Å². The predicted octanol–water partition coefficient (Wildman–Crippen LogP) is 2.78. The molecule has 1 aliphatic heterocycles. The zero-order valence-corrected chi connectivity index (χ0v) is 18.4. The first-order valence-electron chi connectivity index (χ1n) is 11.0. The van der Waals surface area contributed by atoms with Crippen molar-refractivity contribution in [2.45, 2.75) is 13.5 Å². The number of hydrogen-bond donors (Lipinski definition) is 0. The van der Waals surface area contributed by atoms with Gasteiger partial charge in [0.2, 0.25) is 0 Å². The van der Waals surface area contributed by atoms with Gasteiger partial charge in [0.15, 0.2) is 0 Å². The SMILES string of the molecule is CCOc1cc(-c2ccc(N3CCN(Cc4ncccn4)CC3)nc2)c2c(C#N)cnn2c1. The second kappa shape index (κ2) is 9.22. The van der Waals surface area contributed by atoms with Crippen molar-refractivity contribution < 1.29 is 4.74 Å². The summed E-state index contributed by atoms with van der Waals surface area (Å²) in [6.07, 6.45) is 8.80. The molecule has 0 bridgehead atoms. The van der Waals surface area contributed by atoms with E-state index in [1.165, 1.54) is 0 Å². The van der Waals surface area contributed by atoms with E-state index in [0.717, 1.165) is 61.0 Å². The Hall–Kier alpha value is -4.03. The number of anilines is 1. The topological polar surface area (TPSA) is 95.5 Å². The highest BCUT2D eigenvalue weighted by molar-refractivity contribution is 5.85. The summed E-state index contributed by atoms with van der Waals surface area (Å²) in [7, 11) is 0. The molecule has 0 aromatic carbocycles. The second-order valence-electron chi connectivity index (χ2n) is 7.82. The summed E-state index contributed by atoms with van der Waals surface area (Å²) >= 11 is 0. The van der Waals surface area contributed by atoms with Crippen LogP contribution in [0, 0.1) is 11.3 Å². The number of pyridine rings is 2. The Kier molecular flexibility index (Phi) is 5.83. The van der Waals surface area contributed by atoms with E-state index in [-0.39, 0.29) is 0 Å². The number of nitrogens with zero attached hydrogens (tertiary/aromatic N) is 8. The fourth-order valence-electron chi connectivity index (χ4n) is 4.12. The van der Waals surface area contributed by atoms with Gasteiger partial charge in [-0.25, -0.2) is 19.5 Å². The Morgan fingerprint density at radius 3 is 2.58 bits per heavy atom. The highest BCUT2D eigenvalue weighted by Crippen LogP contribution is 2.31. The van der Waals surface area contributed by atoms with Gasteiger partial charge in [-0.1, -0.05) is 0 Å². The molecule has 4 aromatic rings. The van der Waals surface area contributed by atoms with Gasteiger partial charge < -0.3 is 9.64 Å². The van der Waals surface area contributed by atoms with E-state index in [1.54, 1.807) is 29.3 Å². The van der Waals surface area contributed by atoms with Crippen molar-refractivity contribution in [3.8, 4) is 22.9 Å². The molecule has 5 rings (SSSR count). The largest absolute Gasteiger partial charge is 0.492 e. The molecule has 0 N–H and O–H groups in total. The van der Waals surface area contributed by atoms with Crippen LogP contribution >= 0.6 is 0 Å². The van der Waals surface area contributed by atoms with Gasteiger partial charge in [-0.05, 0) is 31.2 Å². The maximum atomic E-state index is 9.53. The molecular formula is C24H24N8O. The quantitative estimate of drug-likeness (QED) is 0.452. The molecule has 1 saturated heterocycles. The first kappa shape index (κ1) is 20.8. The maximum absolute atomic E-state index is 9.53. The zero-order chi connectivity index (χ0) is 22.6. The van der Waals surface area contributed by atoms with Crippen LogP contribution in [0.4, 0.5) is 5.82 Å². The van der Waals surface area contributed by atoms with Crippen LogP contribution in [0.1, 0.15) is 18.3 Å². The van der Waals surface area contributed by atoms with Gasteiger partial charge in [-0.15, -0.1) is 0 Å². The Morgan fingerprint density at radius 2 is 1.88 bits per heavy atom. The lowest BCUT2D eigenvalue weighted by Crippen LogP contribution is -2.46. The van der Waals surface area contributed by atoms with Gasteiger partial charge in [0, 0.05) is 55.9 Å². The first-order valence-corrected chi connectivity index (χ1v) is 11.0. The third kappa shape index (κ3) is 4.33. The number of piperazine rings is 1. The number of fused-ring (bicyclic) bond motifs is 1. The molecule has 0 atom stereocenters. The molecule has 166 valence electrons. The number of rotatable bonds is 6. The average molecular weight is 441 g/mol. The standard InChI is InChI=1S/C24H24N8O/c1-2-33-20-12-21(24-19(13-25)15-29-32(24)16-20)18-4-5-23(28-14-18)31-10-8-30(9-11-31)17-22-26-6-3-7-27-22/h3-7,12,14-16H,2,8-11,17H2,1H3. The minimum atomic E-state index is 0.524. The number of hydrogen-bond acceptors (Lipinski definition) is 8. The van der Waals surface area contributed by atoms with E-state index in [4.69, 9.17) is 9.72 Å². The summed E-state index contributed by atoms with van der Waals surface area (Å²) in [5, 5.41) is 13.8. The summed E-state index contributed by atoms with van der Waals surface area (Å²) in [5.74, 6) is 2.50. The molecule has 9 heteroatoms. The molecule has 33 heavy (non-hydrogen) atoms. The van der Waals surface area contributed by atoms with E-state index in [2.05, 4.69) is 30.9 Å². The highest BCUT2D eigenvalue weighted by Gasteiger charge is 2.19. The van der Waals surface area contributed by atoms with Crippen LogP contribution in [0.25, 0.3) is 16.6 Å². The van der Waals surface area contributed by atoms with Gasteiger partial charge in [0.25, 0.3) is 0 Å². The van der Waals surface area contributed by atoms with Crippen molar-refractivity contribution in [2.24, 2.45) is 0 Å². The normalized spacial score (nSPS) is 14.4. The molecule has 0 spiro atoms. The Morgan fingerprint density at radius 1 is 1.06 bits per heavy atom. The smallest absolute Gasteiger partial charge is 0.142 e. The van der Waals surface area contributed by atoms with Crippen LogP contribution in [-0.4, -0.2) is 62.3 Å². The fraction of sp³-hybridized carbons (Fsp3) is 0.292. The molecule has 0 aliphatic carbocycles. The molecule has 0 amide bonds. The van der Waals surface area contributed by atoms with Crippen molar-refractivity contribution in [1.82, 2.24) is 29.5 Å². The van der Waals surface area contributed by atoms with Crippen LogP contribution in [0.2, 0.25) is 0 Å². The summed E-state index contributed by atoms with van der Waals surface area (Å²) in [6.45, 7) is 6.91. The minimum Gasteiger partial charge on any atom is -0.492 e. The lowest BCUT2D eigenvalue weighted by Gasteiger charge is -2.35. The van der Waals surface area contributed by atoms with E-state index in [0.29, 0.717) is 17.9 Å². The fourth-order valence-corrected chi connectivity index (χ4v) is 4.12. The Balaban J connectivity index is 1.34. The second-order valence-corrected chi connectivity index (χ2v) is 7.82. The average Bonchev–Trinajstić information content (AvgIpc) is 3.28. The van der Waals surface area contributed by atoms with Crippen LogP contribution < -0.4 is 9.64 Å². The Labute approximate surface area is 191 Å². The van der Waals surface area contributed by atoms with Gasteiger partial charge in [-0.3, -0.25) is 4.90 Å². The van der Waals surface area contributed by atoms with Crippen LogP contribution in [0.5, 0.6) is 5.75 Å². The highest BCUT2D eigenvalue weighted by atomic mass is 16.5. The summed E-state index contributed by atoms with van der Waals surface area (Å²) in [4.78, 5) is 18.0. The lowest BCUT2D eigenvalue weighted by atomic mass is 10.1. The van der Waals surface area contributed by atoms with Gasteiger partial charge in [-0.2, -0.15) is 10.4 Å². The first-order chi connectivity index (χ1) is 16.2. The predicted molar refractivity (Wildman–Crippen MR) is 124 cm³/mol.